The molecule has 0 aliphatic carbocycles. The minimum Gasteiger partial charge on any atom is -0.481 e. The molecule has 1 aliphatic rings. The Hall–Kier alpha value is -2.21. The predicted molar refractivity (Wildman–Crippen MR) is 87.9 cm³/mol. The van der Waals surface area contributed by atoms with Gasteiger partial charge in [0.1, 0.15) is 5.82 Å². The first-order valence-electron chi connectivity index (χ1n) is 8.02. The van der Waals surface area contributed by atoms with E-state index in [1.165, 1.54) is 12.1 Å². The summed E-state index contributed by atoms with van der Waals surface area (Å²) >= 11 is 0. The van der Waals surface area contributed by atoms with Gasteiger partial charge in [-0.15, -0.1) is 0 Å². The summed E-state index contributed by atoms with van der Waals surface area (Å²) in [4.78, 5) is 25.1. The first-order valence-corrected chi connectivity index (χ1v) is 8.02. The Kier molecular flexibility index (Phi) is 6.49. The van der Waals surface area contributed by atoms with Crippen molar-refractivity contribution in [2.75, 3.05) is 19.8 Å². The van der Waals surface area contributed by atoms with Crippen LogP contribution in [-0.2, 0) is 14.3 Å². The Bertz CT molecular complexity index is 623. The van der Waals surface area contributed by atoms with Crippen LogP contribution >= 0.6 is 0 Å². The number of benzene rings is 1. The molecule has 24 heavy (non-hydrogen) atoms. The van der Waals surface area contributed by atoms with E-state index in [1.807, 2.05) is 0 Å². The van der Waals surface area contributed by atoms with Crippen molar-refractivity contribution in [3.63, 3.8) is 0 Å². The Labute approximate surface area is 140 Å². The molecule has 1 saturated heterocycles. The van der Waals surface area contributed by atoms with Crippen LogP contribution in [0.4, 0.5) is 4.39 Å². The summed E-state index contributed by atoms with van der Waals surface area (Å²) in [5.74, 6) is -1.62. The quantitative estimate of drug-likeness (QED) is 0.812. The summed E-state index contributed by atoms with van der Waals surface area (Å²) in [7, 11) is 0. The van der Waals surface area contributed by atoms with E-state index in [4.69, 9.17) is 9.84 Å². The number of aliphatic carboxylic acids is 1. The number of carboxylic acid groups (broad SMARTS) is 1. The number of allylic oxidation sites excluding steroid dienone is 1. The van der Waals surface area contributed by atoms with Crippen molar-refractivity contribution in [2.45, 2.75) is 32.2 Å². The number of halogens is 1. The van der Waals surface area contributed by atoms with Crippen LogP contribution in [0.3, 0.4) is 0 Å². The Morgan fingerprint density at radius 2 is 2.00 bits per heavy atom. The van der Waals surface area contributed by atoms with Crippen molar-refractivity contribution in [3.05, 3.63) is 41.7 Å². The zero-order chi connectivity index (χ0) is 17.5. The molecule has 0 atom stereocenters. The Balaban J connectivity index is 2.17. The molecule has 1 aromatic carbocycles. The highest BCUT2D eigenvalue weighted by Gasteiger charge is 2.25. The third-order valence-corrected chi connectivity index (χ3v) is 4.12. The van der Waals surface area contributed by atoms with E-state index in [-0.39, 0.29) is 30.7 Å². The molecule has 0 unspecified atom stereocenters. The van der Waals surface area contributed by atoms with Crippen molar-refractivity contribution in [2.24, 2.45) is 0 Å². The van der Waals surface area contributed by atoms with E-state index < -0.39 is 5.97 Å². The first-order chi connectivity index (χ1) is 11.5. The Morgan fingerprint density at radius 3 is 2.62 bits per heavy atom. The van der Waals surface area contributed by atoms with Gasteiger partial charge < -0.3 is 14.7 Å². The van der Waals surface area contributed by atoms with Gasteiger partial charge >= 0.3 is 5.97 Å². The van der Waals surface area contributed by atoms with Crippen LogP contribution in [0.2, 0.25) is 0 Å². The van der Waals surface area contributed by atoms with Gasteiger partial charge in [-0.25, -0.2) is 4.39 Å². The number of nitrogens with zero attached hydrogens (tertiary/aromatic N) is 1. The molecule has 1 aromatic rings. The lowest BCUT2D eigenvalue weighted by molar-refractivity contribution is -0.138. The molecular weight excluding hydrogens is 313 g/mol. The summed E-state index contributed by atoms with van der Waals surface area (Å²) in [6.45, 7) is 2.92. The number of ether oxygens (including phenoxy) is 1. The van der Waals surface area contributed by atoms with Crippen LogP contribution in [0, 0.1) is 5.82 Å². The monoisotopic (exact) mass is 335 g/mol. The SMILES string of the molecule is C/C(=C\C(=O)N(CCC(=O)O)C1CCOCC1)c1ccccc1F. The molecular formula is C18H22FNO4. The second-order valence-corrected chi connectivity index (χ2v) is 5.83. The molecule has 5 nitrogen and oxygen atoms in total. The molecule has 0 saturated carbocycles. The molecule has 0 spiro atoms. The molecule has 130 valence electrons. The van der Waals surface area contributed by atoms with Crippen molar-refractivity contribution >= 4 is 17.4 Å². The van der Waals surface area contributed by atoms with Crippen LogP contribution in [0.15, 0.2) is 30.3 Å². The second kappa shape index (κ2) is 8.59. The molecule has 1 fully saturated rings. The predicted octanol–water partition coefficient (Wildman–Crippen LogP) is 2.71. The average molecular weight is 335 g/mol. The highest BCUT2D eigenvalue weighted by molar-refractivity contribution is 5.95. The smallest absolute Gasteiger partial charge is 0.305 e. The van der Waals surface area contributed by atoms with E-state index >= 15 is 0 Å². The van der Waals surface area contributed by atoms with Crippen molar-refractivity contribution in [1.82, 2.24) is 4.90 Å². The molecule has 0 radical (unpaired) electrons. The maximum absolute atomic E-state index is 13.8. The van der Waals surface area contributed by atoms with Gasteiger partial charge in [0.05, 0.1) is 6.42 Å². The fourth-order valence-corrected chi connectivity index (χ4v) is 2.81. The summed E-state index contributed by atoms with van der Waals surface area (Å²) < 4.78 is 19.1. The van der Waals surface area contributed by atoms with Gasteiger partial charge in [-0.1, -0.05) is 18.2 Å². The Morgan fingerprint density at radius 1 is 1.33 bits per heavy atom. The standard InChI is InChI=1S/C18H22FNO4/c1-13(15-4-2-3-5-16(15)19)12-17(21)20(9-6-18(22)23)14-7-10-24-11-8-14/h2-5,12,14H,6-11H2,1H3,(H,22,23)/b13-12+. The number of amides is 1. The van der Waals surface area contributed by atoms with Gasteiger partial charge in [-0.05, 0) is 31.4 Å². The van der Waals surface area contributed by atoms with Crippen molar-refractivity contribution < 1.29 is 23.8 Å². The summed E-state index contributed by atoms with van der Waals surface area (Å²) in [6, 6.07) is 6.22. The van der Waals surface area contributed by atoms with E-state index in [9.17, 15) is 14.0 Å². The number of hydrogen-bond acceptors (Lipinski definition) is 3. The lowest BCUT2D eigenvalue weighted by Gasteiger charge is -2.33. The largest absolute Gasteiger partial charge is 0.481 e. The van der Waals surface area contributed by atoms with Crippen LogP contribution in [0.1, 0.15) is 31.7 Å². The highest BCUT2D eigenvalue weighted by atomic mass is 19.1. The molecule has 1 N–H and O–H groups in total. The van der Waals surface area contributed by atoms with Crippen LogP contribution < -0.4 is 0 Å². The van der Waals surface area contributed by atoms with E-state index in [0.717, 1.165) is 0 Å². The number of carbonyl (C=O) groups excluding carboxylic acids is 1. The van der Waals surface area contributed by atoms with E-state index in [1.54, 1.807) is 30.0 Å². The second-order valence-electron chi connectivity index (χ2n) is 5.83. The van der Waals surface area contributed by atoms with Gasteiger partial charge in [0.15, 0.2) is 0 Å². The van der Waals surface area contributed by atoms with Crippen LogP contribution in [-0.4, -0.2) is 47.7 Å². The average Bonchev–Trinajstić information content (AvgIpc) is 2.56. The zero-order valence-corrected chi connectivity index (χ0v) is 13.7. The zero-order valence-electron chi connectivity index (χ0n) is 13.7. The van der Waals surface area contributed by atoms with Gasteiger partial charge in [0, 0.05) is 37.4 Å². The maximum atomic E-state index is 13.8. The third-order valence-electron chi connectivity index (χ3n) is 4.12. The van der Waals surface area contributed by atoms with Gasteiger partial charge in [-0.2, -0.15) is 0 Å². The number of hydrogen-bond donors (Lipinski definition) is 1. The number of carbonyl (C=O) groups is 2. The van der Waals surface area contributed by atoms with Crippen molar-refractivity contribution in [1.29, 1.82) is 0 Å². The van der Waals surface area contributed by atoms with E-state index in [2.05, 4.69) is 0 Å². The lowest BCUT2D eigenvalue weighted by atomic mass is 10.0. The van der Waals surface area contributed by atoms with Gasteiger partial charge in [0.25, 0.3) is 0 Å². The van der Waals surface area contributed by atoms with Gasteiger partial charge in [-0.3, -0.25) is 9.59 Å². The summed E-state index contributed by atoms with van der Waals surface area (Å²) in [5.41, 5.74) is 0.890. The molecule has 1 amide bonds. The maximum Gasteiger partial charge on any atom is 0.305 e. The molecule has 2 rings (SSSR count). The molecule has 0 bridgehead atoms. The number of carboxylic acids is 1. The topological polar surface area (TPSA) is 66.8 Å². The minimum atomic E-state index is -0.949. The molecule has 1 heterocycles. The fraction of sp³-hybridized carbons (Fsp3) is 0.444. The minimum absolute atomic E-state index is 0.0460. The first kappa shape index (κ1) is 18.1. The lowest BCUT2D eigenvalue weighted by Crippen LogP contribution is -2.43. The highest BCUT2D eigenvalue weighted by Crippen LogP contribution is 2.20. The molecule has 1 aliphatic heterocycles. The van der Waals surface area contributed by atoms with Crippen molar-refractivity contribution in [3.8, 4) is 0 Å². The fourth-order valence-electron chi connectivity index (χ4n) is 2.81. The third kappa shape index (κ3) is 4.89. The van der Waals surface area contributed by atoms with Crippen LogP contribution in [0.5, 0.6) is 0 Å². The number of rotatable bonds is 6. The van der Waals surface area contributed by atoms with Gasteiger partial charge in [0.2, 0.25) is 5.91 Å². The van der Waals surface area contributed by atoms with Crippen LogP contribution in [0.25, 0.3) is 5.57 Å². The normalized spacial score (nSPS) is 16.0. The van der Waals surface area contributed by atoms with E-state index in [0.29, 0.717) is 37.2 Å². The summed E-state index contributed by atoms with van der Waals surface area (Å²) in [6.07, 6.45) is 2.63. The summed E-state index contributed by atoms with van der Waals surface area (Å²) in [5, 5.41) is 8.91. The molecule has 6 heteroatoms. The molecule has 0 aromatic heterocycles.